The molecule has 0 radical (unpaired) electrons. The van der Waals surface area contributed by atoms with Crippen molar-refractivity contribution in [3.63, 3.8) is 0 Å². The predicted octanol–water partition coefficient (Wildman–Crippen LogP) is 1.98. The molecule has 0 aliphatic rings. The molecule has 0 spiro atoms. The number of carbonyl (C=O) groups excluding carboxylic acids is 1. The lowest BCUT2D eigenvalue weighted by Gasteiger charge is -2.12. The van der Waals surface area contributed by atoms with E-state index in [0.717, 1.165) is 16.3 Å². The number of aliphatic hydroxyl groups excluding tert-OH is 1. The summed E-state index contributed by atoms with van der Waals surface area (Å²) in [6, 6.07) is 8.91. The summed E-state index contributed by atoms with van der Waals surface area (Å²) in [6.07, 6.45) is -0.705. The molecular formula is C14H17N3O2S. The lowest BCUT2D eigenvalue weighted by atomic mass is 10.1. The maximum Gasteiger partial charge on any atom is 0.315 e. The van der Waals surface area contributed by atoms with Crippen molar-refractivity contribution in [3.05, 3.63) is 52.0 Å². The van der Waals surface area contributed by atoms with Crippen LogP contribution in [0.3, 0.4) is 0 Å². The van der Waals surface area contributed by atoms with Crippen LogP contribution >= 0.6 is 11.3 Å². The Morgan fingerprint density at radius 1 is 1.35 bits per heavy atom. The maximum atomic E-state index is 11.6. The molecule has 0 aliphatic heterocycles. The third-order valence-electron chi connectivity index (χ3n) is 2.74. The topological polar surface area (TPSA) is 74.2 Å². The Bertz CT molecular complexity index is 557. The van der Waals surface area contributed by atoms with Crippen molar-refractivity contribution in [2.75, 3.05) is 6.54 Å². The van der Waals surface area contributed by atoms with Crippen molar-refractivity contribution in [1.29, 1.82) is 0 Å². The van der Waals surface area contributed by atoms with Crippen LogP contribution in [-0.4, -0.2) is 22.7 Å². The fourth-order valence-corrected chi connectivity index (χ4v) is 2.32. The minimum atomic E-state index is -0.705. The molecule has 6 heteroatoms. The number of aromatic nitrogens is 1. The molecule has 1 aromatic carbocycles. The van der Waals surface area contributed by atoms with Crippen molar-refractivity contribution in [2.45, 2.75) is 19.6 Å². The monoisotopic (exact) mass is 291 g/mol. The molecule has 0 saturated carbocycles. The SMILES string of the molecule is Cc1nc(CNC(=O)NC[C@H](O)c2ccccc2)cs1. The van der Waals surface area contributed by atoms with E-state index in [1.807, 2.05) is 42.6 Å². The largest absolute Gasteiger partial charge is 0.387 e. The second-order valence-corrected chi connectivity index (χ2v) is 5.41. The van der Waals surface area contributed by atoms with Crippen LogP contribution in [0.5, 0.6) is 0 Å². The molecule has 106 valence electrons. The number of nitrogens with one attached hydrogen (secondary N) is 2. The zero-order chi connectivity index (χ0) is 14.4. The van der Waals surface area contributed by atoms with Gasteiger partial charge in [0.25, 0.3) is 0 Å². The zero-order valence-corrected chi connectivity index (χ0v) is 12.0. The van der Waals surface area contributed by atoms with Gasteiger partial charge in [-0.25, -0.2) is 9.78 Å². The summed E-state index contributed by atoms with van der Waals surface area (Å²) in [7, 11) is 0. The van der Waals surface area contributed by atoms with Gasteiger partial charge in [-0.05, 0) is 12.5 Å². The van der Waals surface area contributed by atoms with Gasteiger partial charge in [-0.3, -0.25) is 0 Å². The van der Waals surface area contributed by atoms with E-state index < -0.39 is 6.10 Å². The summed E-state index contributed by atoms with van der Waals surface area (Å²) in [5, 5.41) is 18.1. The van der Waals surface area contributed by atoms with Crippen molar-refractivity contribution < 1.29 is 9.90 Å². The number of aliphatic hydroxyl groups is 1. The molecule has 2 amide bonds. The van der Waals surface area contributed by atoms with E-state index in [9.17, 15) is 9.90 Å². The van der Waals surface area contributed by atoms with Gasteiger partial charge >= 0.3 is 6.03 Å². The van der Waals surface area contributed by atoms with E-state index in [-0.39, 0.29) is 12.6 Å². The van der Waals surface area contributed by atoms with E-state index in [1.54, 1.807) is 11.3 Å². The molecule has 0 saturated heterocycles. The molecule has 1 atom stereocenters. The molecule has 0 bridgehead atoms. The van der Waals surface area contributed by atoms with Gasteiger partial charge in [0.05, 0.1) is 23.4 Å². The van der Waals surface area contributed by atoms with Gasteiger partial charge < -0.3 is 15.7 Å². The average molecular weight is 291 g/mol. The molecular weight excluding hydrogens is 274 g/mol. The highest BCUT2D eigenvalue weighted by molar-refractivity contribution is 7.09. The highest BCUT2D eigenvalue weighted by atomic mass is 32.1. The summed E-state index contributed by atoms with van der Waals surface area (Å²) in [5.74, 6) is 0. The normalized spacial score (nSPS) is 11.9. The smallest absolute Gasteiger partial charge is 0.315 e. The predicted molar refractivity (Wildman–Crippen MR) is 78.5 cm³/mol. The number of benzene rings is 1. The first-order valence-corrected chi connectivity index (χ1v) is 7.19. The first-order chi connectivity index (χ1) is 9.65. The number of hydrogen-bond donors (Lipinski definition) is 3. The van der Waals surface area contributed by atoms with Crippen molar-refractivity contribution >= 4 is 17.4 Å². The summed E-state index contributed by atoms with van der Waals surface area (Å²) in [6.45, 7) is 2.48. The van der Waals surface area contributed by atoms with Crippen molar-refractivity contribution in [3.8, 4) is 0 Å². The van der Waals surface area contributed by atoms with Gasteiger partial charge in [-0.15, -0.1) is 11.3 Å². The average Bonchev–Trinajstić information content (AvgIpc) is 2.89. The van der Waals surface area contributed by atoms with Crippen LogP contribution < -0.4 is 10.6 Å². The third kappa shape index (κ3) is 4.32. The number of thiazole rings is 1. The summed E-state index contributed by atoms with van der Waals surface area (Å²) in [5.41, 5.74) is 1.62. The first kappa shape index (κ1) is 14.5. The lowest BCUT2D eigenvalue weighted by molar-refractivity contribution is 0.173. The van der Waals surface area contributed by atoms with E-state index in [0.29, 0.717) is 6.54 Å². The number of urea groups is 1. The van der Waals surface area contributed by atoms with Crippen LogP contribution in [0.2, 0.25) is 0 Å². The second-order valence-electron chi connectivity index (χ2n) is 4.35. The van der Waals surface area contributed by atoms with Crippen LogP contribution in [0.4, 0.5) is 4.79 Å². The summed E-state index contributed by atoms with van der Waals surface area (Å²) in [4.78, 5) is 15.9. The summed E-state index contributed by atoms with van der Waals surface area (Å²) < 4.78 is 0. The Kier molecular flexibility index (Phi) is 5.09. The summed E-state index contributed by atoms with van der Waals surface area (Å²) >= 11 is 1.55. The first-order valence-electron chi connectivity index (χ1n) is 6.31. The molecule has 0 unspecified atom stereocenters. The number of nitrogens with zero attached hydrogens (tertiary/aromatic N) is 1. The van der Waals surface area contributed by atoms with Gasteiger partial charge in [0.1, 0.15) is 0 Å². The lowest BCUT2D eigenvalue weighted by Crippen LogP contribution is -2.37. The Labute approximate surface area is 121 Å². The maximum absolute atomic E-state index is 11.6. The number of hydrogen-bond acceptors (Lipinski definition) is 4. The third-order valence-corrected chi connectivity index (χ3v) is 3.56. The van der Waals surface area contributed by atoms with Crippen LogP contribution in [-0.2, 0) is 6.54 Å². The second kappa shape index (κ2) is 7.02. The van der Waals surface area contributed by atoms with Crippen LogP contribution in [0.1, 0.15) is 22.4 Å². The number of rotatable bonds is 5. The molecule has 0 fully saturated rings. The van der Waals surface area contributed by atoms with Gasteiger partial charge in [0, 0.05) is 11.9 Å². The van der Waals surface area contributed by atoms with E-state index in [2.05, 4.69) is 15.6 Å². The van der Waals surface area contributed by atoms with E-state index in [1.165, 1.54) is 0 Å². The Balaban J connectivity index is 1.72. The van der Waals surface area contributed by atoms with Gasteiger partial charge in [-0.2, -0.15) is 0 Å². The Morgan fingerprint density at radius 3 is 2.75 bits per heavy atom. The molecule has 1 aromatic heterocycles. The zero-order valence-electron chi connectivity index (χ0n) is 11.2. The standard InChI is InChI=1S/C14H17N3O2S/c1-10-17-12(9-20-10)7-15-14(19)16-8-13(18)11-5-3-2-4-6-11/h2-6,9,13,18H,7-8H2,1H3,(H2,15,16,19)/t13-/m0/s1. The van der Waals surface area contributed by atoms with Crippen LogP contribution in [0.25, 0.3) is 0 Å². The van der Waals surface area contributed by atoms with Crippen molar-refractivity contribution in [1.82, 2.24) is 15.6 Å². The van der Waals surface area contributed by atoms with Crippen molar-refractivity contribution in [2.24, 2.45) is 0 Å². The fourth-order valence-electron chi connectivity index (χ4n) is 1.71. The molecule has 2 aromatic rings. The van der Waals surface area contributed by atoms with Crippen LogP contribution in [0.15, 0.2) is 35.7 Å². The molecule has 0 aliphatic carbocycles. The number of aryl methyl sites for hydroxylation is 1. The molecule has 1 heterocycles. The Morgan fingerprint density at radius 2 is 2.10 bits per heavy atom. The van der Waals surface area contributed by atoms with Gasteiger partial charge in [-0.1, -0.05) is 30.3 Å². The molecule has 20 heavy (non-hydrogen) atoms. The fraction of sp³-hybridized carbons (Fsp3) is 0.286. The highest BCUT2D eigenvalue weighted by Crippen LogP contribution is 2.10. The van der Waals surface area contributed by atoms with E-state index >= 15 is 0 Å². The Hall–Kier alpha value is -1.92. The minimum Gasteiger partial charge on any atom is -0.387 e. The number of amides is 2. The molecule has 5 nitrogen and oxygen atoms in total. The van der Waals surface area contributed by atoms with Gasteiger partial charge in [0.2, 0.25) is 0 Å². The molecule has 3 N–H and O–H groups in total. The quantitative estimate of drug-likeness (QED) is 0.788. The number of carbonyl (C=O) groups is 1. The van der Waals surface area contributed by atoms with Gasteiger partial charge in [0.15, 0.2) is 0 Å². The molecule has 2 rings (SSSR count). The van der Waals surface area contributed by atoms with E-state index in [4.69, 9.17) is 0 Å². The van der Waals surface area contributed by atoms with Crippen LogP contribution in [0, 0.1) is 6.92 Å². The minimum absolute atomic E-state index is 0.173. The highest BCUT2D eigenvalue weighted by Gasteiger charge is 2.09.